The van der Waals surface area contributed by atoms with Crippen LogP contribution in [0.3, 0.4) is 0 Å². The van der Waals surface area contributed by atoms with E-state index in [0.29, 0.717) is 10.8 Å². The van der Waals surface area contributed by atoms with E-state index in [2.05, 4.69) is 0 Å². The first-order chi connectivity index (χ1) is 8.93. The monoisotopic (exact) mass is 288 g/mol. The molecule has 0 aliphatic carbocycles. The van der Waals surface area contributed by atoms with Crippen molar-refractivity contribution >= 4 is 17.6 Å². The molecule has 0 radical (unpaired) electrons. The van der Waals surface area contributed by atoms with Crippen molar-refractivity contribution in [3.8, 4) is 5.75 Å². The Morgan fingerprint density at radius 3 is 2.74 bits per heavy atom. The molecule has 0 fully saturated rings. The highest BCUT2D eigenvalue weighted by molar-refractivity contribution is 6.30. The molecule has 0 bridgehead atoms. The number of hydrogen-bond donors (Lipinski definition) is 2. The molecule has 1 aromatic rings. The molecule has 106 valence electrons. The molecule has 5 nitrogen and oxygen atoms in total. The van der Waals surface area contributed by atoms with E-state index in [0.717, 1.165) is 5.56 Å². The molecule has 0 amide bonds. The van der Waals surface area contributed by atoms with Gasteiger partial charge in [0.05, 0.1) is 6.61 Å². The van der Waals surface area contributed by atoms with E-state index < -0.39 is 24.8 Å². The highest BCUT2D eigenvalue weighted by Gasteiger charge is 2.18. The number of aliphatic hydroxyl groups is 2. The fraction of sp³-hybridized carbons (Fsp3) is 0.462. The fourth-order valence-corrected chi connectivity index (χ4v) is 1.56. The van der Waals surface area contributed by atoms with E-state index in [1.54, 1.807) is 25.1 Å². The summed E-state index contributed by atoms with van der Waals surface area (Å²) in [5.74, 6) is -0.0709. The zero-order valence-corrected chi connectivity index (χ0v) is 11.6. The molecule has 0 saturated carbocycles. The van der Waals surface area contributed by atoms with E-state index >= 15 is 0 Å². The first-order valence-electron chi connectivity index (χ1n) is 5.82. The summed E-state index contributed by atoms with van der Waals surface area (Å²) in [4.78, 5) is 11.6. The van der Waals surface area contributed by atoms with Crippen LogP contribution < -0.4 is 4.74 Å². The van der Waals surface area contributed by atoms with Gasteiger partial charge in [-0.3, -0.25) is 0 Å². The van der Waals surface area contributed by atoms with Gasteiger partial charge in [0.2, 0.25) is 0 Å². The molecule has 1 aromatic carbocycles. The van der Waals surface area contributed by atoms with E-state index in [4.69, 9.17) is 31.3 Å². The smallest absolute Gasteiger partial charge is 0.347 e. The van der Waals surface area contributed by atoms with Crippen molar-refractivity contribution in [3.63, 3.8) is 0 Å². The van der Waals surface area contributed by atoms with E-state index in [1.165, 1.54) is 0 Å². The Bertz CT molecular complexity index is 435. The molecule has 2 atom stereocenters. The van der Waals surface area contributed by atoms with Crippen LogP contribution in [0.2, 0.25) is 5.02 Å². The Morgan fingerprint density at radius 1 is 1.47 bits per heavy atom. The van der Waals surface area contributed by atoms with E-state index in [1.807, 2.05) is 6.92 Å². The molecule has 0 aliphatic rings. The van der Waals surface area contributed by atoms with Gasteiger partial charge < -0.3 is 19.7 Å². The third kappa shape index (κ3) is 5.06. The third-order valence-corrected chi connectivity index (χ3v) is 2.64. The second kappa shape index (κ2) is 7.33. The minimum atomic E-state index is -1.08. The summed E-state index contributed by atoms with van der Waals surface area (Å²) in [6, 6.07) is 5.06. The highest BCUT2D eigenvalue weighted by atomic mass is 35.5. The third-order valence-electron chi connectivity index (χ3n) is 2.40. The van der Waals surface area contributed by atoms with Gasteiger partial charge in [0.25, 0.3) is 0 Å². The van der Waals surface area contributed by atoms with Crippen molar-refractivity contribution in [3.05, 3.63) is 28.8 Å². The molecular weight excluding hydrogens is 272 g/mol. The number of aryl methyl sites for hydroxylation is 1. The summed E-state index contributed by atoms with van der Waals surface area (Å²) >= 11 is 5.82. The van der Waals surface area contributed by atoms with Gasteiger partial charge >= 0.3 is 5.97 Å². The Labute approximate surface area is 116 Å². The predicted molar refractivity (Wildman–Crippen MR) is 70.3 cm³/mol. The van der Waals surface area contributed by atoms with Crippen LogP contribution in [0.15, 0.2) is 18.2 Å². The standard InChI is InChI=1S/C13H17ClO5/c1-8-5-10(14)3-4-12(8)19-9(2)13(17)18-7-11(16)6-15/h3-5,9,11,15-16H,6-7H2,1-2H3/t9-,11-/m1/s1. The van der Waals surface area contributed by atoms with Crippen LogP contribution in [-0.4, -0.2) is 41.6 Å². The summed E-state index contributed by atoms with van der Waals surface area (Å²) in [7, 11) is 0. The van der Waals surface area contributed by atoms with Crippen LogP contribution >= 0.6 is 11.6 Å². The Kier molecular flexibility index (Phi) is 6.08. The lowest BCUT2D eigenvalue weighted by molar-refractivity contribution is -0.154. The van der Waals surface area contributed by atoms with Gasteiger partial charge in [-0.15, -0.1) is 0 Å². The summed E-state index contributed by atoms with van der Waals surface area (Å²) in [5.41, 5.74) is 0.808. The quantitative estimate of drug-likeness (QED) is 0.772. The number of aliphatic hydroxyl groups excluding tert-OH is 2. The summed E-state index contributed by atoms with van der Waals surface area (Å²) in [6.07, 6.45) is -1.89. The second-order valence-electron chi connectivity index (χ2n) is 4.14. The Hall–Kier alpha value is -1.30. The number of carbonyl (C=O) groups is 1. The topological polar surface area (TPSA) is 76.0 Å². The van der Waals surface area contributed by atoms with Crippen molar-refractivity contribution < 1.29 is 24.5 Å². The zero-order valence-electron chi connectivity index (χ0n) is 10.8. The van der Waals surface area contributed by atoms with Crippen LogP contribution in [-0.2, 0) is 9.53 Å². The zero-order chi connectivity index (χ0) is 14.4. The largest absolute Gasteiger partial charge is 0.479 e. The molecule has 0 aliphatic heterocycles. The molecule has 2 N–H and O–H groups in total. The fourth-order valence-electron chi connectivity index (χ4n) is 1.33. The molecule has 0 saturated heterocycles. The number of ether oxygens (including phenoxy) is 2. The van der Waals surface area contributed by atoms with E-state index in [9.17, 15) is 4.79 Å². The molecule has 1 rings (SSSR count). The number of esters is 1. The van der Waals surface area contributed by atoms with Crippen molar-refractivity contribution in [1.29, 1.82) is 0 Å². The Balaban J connectivity index is 2.54. The molecule has 0 spiro atoms. The van der Waals surface area contributed by atoms with Gasteiger partial charge in [0, 0.05) is 5.02 Å². The molecule has 0 aromatic heterocycles. The maximum atomic E-state index is 11.6. The van der Waals surface area contributed by atoms with Gasteiger partial charge in [-0.2, -0.15) is 0 Å². The van der Waals surface area contributed by atoms with Crippen LogP contribution in [0.1, 0.15) is 12.5 Å². The average Bonchev–Trinajstić information content (AvgIpc) is 2.38. The van der Waals surface area contributed by atoms with Crippen LogP contribution in [0, 0.1) is 6.92 Å². The minimum Gasteiger partial charge on any atom is -0.479 e. The maximum Gasteiger partial charge on any atom is 0.347 e. The van der Waals surface area contributed by atoms with Gasteiger partial charge in [0.1, 0.15) is 18.5 Å². The normalized spacial score (nSPS) is 13.7. The SMILES string of the molecule is Cc1cc(Cl)ccc1O[C@H](C)C(=O)OC[C@H](O)CO. The number of carbonyl (C=O) groups excluding carboxylic acids is 1. The van der Waals surface area contributed by atoms with Crippen molar-refractivity contribution in [2.45, 2.75) is 26.1 Å². The Morgan fingerprint density at radius 2 is 2.16 bits per heavy atom. The van der Waals surface area contributed by atoms with Gasteiger partial charge in [0.15, 0.2) is 6.10 Å². The second-order valence-corrected chi connectivity index (χ2v) is 4.57. The minimum absolute atomic E-state index is 0.261. The van der Waals surface area contributed by atoms with Crippen molar-refractivity contribution in [2.24, 2.45) is 0 Å². The lowest BCUT2D eigenvalue weighted by Crippen LogP contribution is -2.30. The van der Waals surface area contributed by atoms with Crippen LogP contribution in [0.5, 0.6) is 5.75 Å². The summed E-state index contributed by atoms with van der Waals surface area (Å²) in [5, 5.41) is 18.3. The van der Waals surface area contributed by atoms with Crippen molar-refractivity contribution in [1.82, 2.24) is 0 Å². The molecule has 0 unspecified atom stereocenters. The highest BCUT2D eigenvalue weighted by Crippen LogP contribution is 2.22. The number of rotatable bonds is 6. The van der Waals surface area contributed by atoms with Crippen LogP contribution in [0.4, 0.5) is 0 Å². The van der Waals surface area contributed by atoms with Gasteiger partial charge in [-0.05, 0) is 37.6 Å². The van der Waals surface area contributed by atoms with E-state index in [-0.39, 0.29) is 6.61 Å². The van der Waals surface area contributed by atoms with Gasteiger partial charge in [-0.1, -0.05) is 11.6 Å². The predicted octanol–water partition coefficient (Wildman–Crippen LogP) is 1.31. The molecular formula is C13H17ClO5. The molecule has 6 heteroatoms. The average molecular weight is 289 g/mol. The number of benzene rings is 1. The van der Waals surface area contributed by atoms with Crippen molar-refractivity contribution in [2.75, 3.05) is 13.2 Å². The molecule has 19 heavy (non-hydrogen) atoms. The lowest BCUT2D eigenvalue weighted by Gasteiger charge is -2.16. The van der Waals surface area contributed by atoms with Crippen LogP contribution in [0.25, 0.3) is 0 Å². The maximum absolute atomic E-state index is 11.6. The number of hydrogen-bond acceptors (Lipinski definition) is 5. The molecule has 0 heterocycles. The van der Waals surface area contributed by atoms with Gasteiger partial charge in [-0.25, -0.2) is 4.79 Å². The number of halogens is 1. The summed E-state index contributed by atoms with van der Waals surface area (Å²) < 4.78 is 10.2. The first-order valence-corrected chi connectivity index (χ1v) is 6.20. The first kappa shape index (κ1) is 15.8. The lowest BCUT2D eigenvalue weighted by atomic mass is 10.2. The summed E-state index contributed by atoms with van der Waals surface area (Å²) in [6.45, 7) is 2.64.